The molecular formula is C23H30ClF3N4O4. The molecule has 1 aromatic heterocycles. The molecule has 0 aromatic carbocycles. The molecule has 6 fully saturated rings. The zero-order chi connectivity index (χ0) is 25.3. The highest BCUT2D eigenvalue weighted by Crippen LogP contribution is 2.48. The van der Waals surface area contributed by atoms with Gasteiger partial charge in [-0.3, -0.25) is 9.59 Å². The van der Waals surface area contributed by atoms with E-state index < -0.39 is 17.2 Å². The Labute approximate surface area is 206 Å². The van der Waals surface area contributed by atoms with Crippen LogP contribution >= 0.6 is 11.6 Å². The van der Waals surface area contributed by atoms with Crippen molar-refractivity contribution < 1.29 is 32.2 Å². The number of alkyl halides is 3. The number of aromatic nitrogens is 2. The summed E-state index contributed by atoms with van der Waals surface area (Å²) in [5.41, 5.74) is -1.04. The van der Waals surface area contributed by atoms with Crippen LogP contribution in [0.2, 0.25) is 5.28 Å². The summed E-state index contributed by atoms with van der Waals surface area (Å²) in [4.78, 5) is 31.3. The zero-order valence-electron chi connectivity index (χ0n) is 19.7. The quantitative estimate of drug-likeness (QED) is 0.469. The van der Waals surface area contributed by atoms with Crippen LogP contribution in [0.3, 0.4) is 0 Å². The SMILES string of the molecule is COC(=O)CC1C2CC1CN(c1cc(C(F)(F)F)nc(Cl)n1)C2.COC(=O)CC1C2CNCC1C2. The number of carbonyl (C=O) groups excluding carboxylic acids is 2. The van der Waals surface area contributed by atoms with E-state index in [0.29, 0.717) is 31.8 Å². The second-order valence-corrected chi connectivity index (χ2v) is 10.2. The average molecular weight is 519 g/mol. The first-order chi connectivity index (χ1) is 16.6. The predicted octanol–water partition coefficient (Wildman–Crippen LogP) is 3.19. The first-order valence-corrected chi connectivity index (χ1v) is 12.2. The maximum atomic E-state index is 12.8. The van der Waals surface area contributed by atoms with Crippen LogP contribution in [0.4, 0.5) is 19.0 Å². The fraction of sp³-hybridized carbons (Fsp3) is 0.739. The van der Waals surface area contributed by atoms with Crippen molar-refractivity contribution in [3.05, 3.63) is 17.0 Å². The number of rotatable bonds is 5. The van der Waals surface area contributed by atoms with Crippen molar-refractivity contribution in [2.45, 2.75) is 31.9 Å². The molecule has 4 atom stereocenters. The fourth-order valence-electron chi connectivity index (χ4n) is 5.96. The van der Waals surface area contributed by atoms with Gasteiger partial charge in [-0.05, 0) is 73.0 Å². The number of nitrogens with one attached hydrogen (secondary N) is 1. The van der Waals surface area contributed by atoms with E-state index in [1.165, 1.54) is 20.6 Å². The molecule has 1 N–H and O–H groups in total. The van der Waals surface area contributed by atoms with E-state index in [9.17, 15) is 22.8 Å². The Morgan fingerprint density at radius 1 is 1.00 bits per heavy atom. The van der Waals surface area contributed by atoms with Gasteiger partial charge in [-0.1, -0.05) is 0 Å². The van der Waals surface area contributed by atoms with Crippen molar-refractivity contribution in [3.8, 4) is 0 Å². The minimum atomic E-state index is -4.56. The van der Waals surface area contributed by atoms with E-state index in [4.69, 9.17) is 11.6 Å². The summed E-state index contributed by atoms with van der Waals surface area (Å²) in [7, 11) is 2.82. The van der Waals surface area contributed by atoms with Gasteiger partial charge in [0.1, 0.15) is 5.82 Å². The van der Waals surface area contributed by atoms with Crippen LogP contribution in [0.15, 0.2) is 6.07 Å². The number of hydrogen-bond donors (Lipinski definition) is 1. The molecule has 0 amide bonds. The Hall–Kier alpha value is -2.14. The number of ether oxygens (including phenoxy) is 2. The molecule has 5 heterocycles. The van der Waals surface area contributed by atoms with Crippen molar-refractivity contribution >= 4 is 29.4 Å². The molecule has 0 spiro atoms. The van der Waals surface area contributed by atoms with E-state index in [1.54, 1.807) is 4.90 Å². The average Bonchev–Trinajstić information content (AvgIpc) is 2.85. The third kappa shape index (κ3) is 5.82. The molecule has 7 rings (SSSR count). The van der Waals surface area contributed by atoms with Gasteiger partial charge in [0.15, 0.2) is 5.69 Å². The number of carbonyl (C=O) groups is 2. The molecule has 8 nitrogen and oxygen atoms in total. The highest BCUT2D eigenvalue weighted by molar-refractivity contribution is 6.28. The number of fused-ring (bicyclic) bond motifs is 4. The largest absolute Gasteiger partial charge is 0.469 e. The van der Waals surface area contributed by atoms with Gasteiger partial charge < -0.3 is 19.7 Å². The molecule has 194 valence electrons. The van der Waals surface area contributed by atoms with E-state index in [1.807, 2.05) is 0 Å². The molecule has 2 aliphatic carbocycles. The number of hydrogen-bond acceptors (Lipinski definition) is 8. The van der Waals surface area contributed by atoms with Gasteiger partial charge in [0.2, 0.25) is 5.28 Å². The molecule has 4 unspecified atom stereocenters. The first kappa shape index (κ1) is 25.9. The number of nitrogens with zero attached hydrogens (tertiary/aromatic N) is 3. The summed E-state index contributed by atoms with van der Waals surface area (Å²) in [6, 6.07) is 0.923. The zero-order valence-corrected chi connectivity index (χ0v) is 20.4. The molecule has 6 aliphatic rings. The Morgan fingerprint density at radius 2 is 1.51 bits per heavy atom. The van der Waals surface area contributed by atoms with E-state index in [0.717, 1.165) is 37.4 Å². The molecule has 2 saturated carbocycles. The monoisotopic (exact) mass is 518 g/mol. The highest BCUT2D eigenvalue weighted by atomic mass is 35.5. The third-order valence-electron chi connectivity index (χ3n) is 7.92. The normalized spacial score (nSPS) is 30.7. The lowest BCUT2D eigenvalue weighted by molar-refractivity contribution is -0.146. The highest BCUT2D eigenvalue weighted by Gasteiger charge is 2.48. The molecule has 35 heavy (non-hydrogen) atoms. The van der Waals surface area contributed by atoms with E-state index >= 15 is 0 Å². The molecule has 0 radical (unpaired) electrons. The van der Waals surface area contributed by atoms with Gasteiger partial charge in [-0.15, -0.1) is 0 Å². The van der Waals surface area contributed by atoms with E-state index in [-0.39, 0.29) is 35.5 Å². The van der Waals surface area contributed by atoms with Gasteiger partial charge in [0, 0.05) is 32.0 Å². The minimum Gasteiger partial charge on any atom is -0.469 e. The van der Waals surface area contributed by atoms with Crippen LogP contribution in [-0.2, 0) is 25.2 Å². The molecule has 4 bridgehead atoms. The van der Waals surface area contributed by atoms with Gasteiger partial charge in [0.05, 0.1) is 14.2 Å². The smallest absolute Gasteiger partial charge is 0.433 e. The number of anilines is 1. The number of halogens is 4. The van der Waals surface area contributed by atoms with Crippen LogP contribution in [0.25, 0.3) is 0 Å². The van der Waals surface area contributed by atoms with Gasteiger partial charge >= 0.3 is 18.1 Å². The summed E-state index contributed by atoms with van der Waals surface area (Å²) in [5, 5.41) is 2.94. The summed E-state index contributed by atoms with van der Waals surface area (Å²) in [5.74, 6) is 2.73. The van der Waals surface area contributed by atoms with Crippen molar-refractivity contribution in [1.82, 2.24) is 15.3 Å². The molecule has 1 aromatic rings. The number of esters is 2. The summed E-state index contributed by atoms with van der Waals surface area (Å²) >= 11 is 5.63. The van der Waals surface area contributed by atoms with Crippen LogP contribution in [0, 0.1) is 35.5 Å². The Bertz CT molecular complexity index is 924. The molecular weight excluding hydrogens is 489 g/mol. The Kier molecular flexibility index (Phi) is 7.75. The minimum absolute atomic E-state index is 0.0448. The lowest BCUT2D eigenvalue weighted by atomic mass is 9.60. The predicted molar refractivity (Wildman–Crippen MR) is 121 cm³/mol. The Balaban J connectivity index is 0.000000201. The topological polar surface area (TPSA) is 93.7 Å². The van der Waals surface area contributed by atoms with Crippen LogP contribution in [0.1, 0.15) is 31.4 Å². The number of piperidine rings is 4. The second-order valence-electron chi connectivity index (χ2n) is 9.84. The maximum Gasteiger partial charge on any atom is 0.433 e. The van der Waals surface area contributed by atoms with Gasteiger partial charge in [0.25, 0.3) is 0 Å². The van der Waals surface area contributed by atoms with Crippen LogP contribution in [0.5, 0.6) is 0 Å². The van der Waals surface area contributed by atoms with Gasteiger partial charge in [-0.25, -0.2) is 9.97 Å². The summed E-state index contributed by atoms with van der Waals surface area (Å²) < 4.78 is 47.8. The Morgan fingerprint density at radius 3 is 2.00 bits per heavy atom. The van der Waals surface area contributed by atoms with Gasteiger partial charge in [-0.2, -0.15) is 13.2 Å². The summed E-state index contributed by atoms with van der Waals surface area (Å²) in [6.45, 7) is 3.31. The fourth-order valence-corrected chi connectivity index (χ4v) is 6.14. The lowest BCUT2D eigenvalue weighted by Crippen LogP contribution is -2.56. The van der Waals surface area contributed by atoms with Crippen LogP contribution in [-0.4, -0.2) is 62.3 Å². The number of methoxy groups -OCH3 is 2. The molecule has 4 saturated heterocycles. The van der Waals surface area contributed by atoms with E-state index in [2.05, 4.69) is 24.8 Å². The molecule has 4 aliphatic heterocycles. The lowest BCUT2D eigenvalue weighted by Gasteiger charge is -2.53. The van der Waals surface area contributed by atoms with Crippen molar-refractivity contribution in [1.29, 1.82) is 0 Å². The third-order valence-corrected chi connectivity index (χ3v) is 8.08. The van der Waals surface area contributed by atoms with Crippen molar-refractivity contribution in [3.63, 3.8) is 0 Å². The second kappa shape index (κ2) is 10.5. The standard InChI is InChI=1S/C14H15ClF3N3O2.C9H15NO2/c1-23-12(22)3-9-7-2-8(9)6-21(5-7)11-4-10(14(16,17)18)19-13(15)20-11;1-12-9(11)3-8-6-2-7(8)5-10-4-6/h4,7-9H,2-3,5-6H2,1H3;6-8,10H,2-5H2,1H3. The summed E-state index contributed by atoms with van der Waals surface area (Å²) in [6.07, 6.45) is -1.28. The van der Waals surface area contributed by atoms with Crippen molar-refractivity contribution in [2.24, 2.45) is 35.5 Å². The van der Waals surface area contributed by atoms with Crippen molar-refractivity contribution in [2.75, 3.05) is 45.3 Å². The molecule has 12 heteroatoms. The maximum absolute atomic E-state index is 12.8. The first-order valence-electron chi connectivity index (χ1n) is 11.8. The van der Waals surface area contributed by atoms with Crippen LogP contribution < -0.4 is 10.2 Å².